The zero-order chi connectivity index (χ0) is 31.9. The molecule has 0 aromatic rings. The number of hydrogen-bond acceptors (Lipinski definition) is 18. The lowest BCUT2D eigenvalue weighted by atomic mass is 9.75. The fraction of sp³-hybridized carbons (Fsp3) is 0.920. The molecule has 0 bridgehead atoms. The zero-order valence-electron chi connectivity index (χ0n) is 23.1. The lowest BCUT2D eigenvalue weighted by Crippen LogP contribution is -2.70. The third kappa shape index (κ3) is 6.64. The van der Waals surface area contributed by atoms with E-state index in [1.165, 1.54) is 13.0 Å². The van der Waals surface area contributed by atoms with Crippen molar-refractivity contribution < 1.29 is 85.6 Å². The molecule has 4 aliphatic rings. The second-order valence-corrected chi connectivity index (χ2v) is 11.7. The summed E-state index contributed by atoms with van der Waals surface area (Å²) in [7, 11) is 0. The van der Waals surface area contributed by atoms with Crippen molar-refractivity contribution >= 4 is 0 Å². The summed E-state index contributed by atoms with van der Waals surface area (Å²) in [5.74, 6) is -2.58. The standard InChI is InChI=1S/C25H43NO17/c1-6-13(26-9-2-7(4-27)14(29)20(35)16(9)31)19(34)21(36)23(40-6)12-11(5-28)41-10(17(32)18(12)33)3-8-15(30)22(37)24(38)42-25(8)43-39/h2,6,8-39H,3-5H2,1H3/t6-,8-,9+,10?,11-,12?,13?,14?,15+,16?,17-,18?,19?,20?,21+,22+,23?,24?,25?/m0/s1. The summed E-state index contributed by atoms with van der Waals surface area (Å²) in [4.78, 5) is 4.15. The Hall–Kier alpha value is -0.980. The quantitative estimate of drug-likeness (QED) is 0.0673. The van der Waals surface area contributed by atoms with Crippen LogP contribution in [0.25, 0.3) is 0 Å². The van der Waals surface area contributed by atoms with E-state index in [1.54, 1.807) is 0 Å². The molecule has 18 heteroatoms. The van der Waals surface area contributed by atoms with Gasteiger partial charge >= 0.3 is 0 Å². The smallest absolute Gasteiger partial charge is 0.199 e. The Bertz CT molecular complexity index is 941. The normalized spacial score (nSPS) is 53.0. The summed E-state index contributed by atoms with van der Waals surface area (Å²) in [6.07, 6.45) is -22.7. The second-order valence-electron chi connectivity index (χ2n) is 11.7. The number of ether oxygens (including phenoxy) is 3. The molecule has 0 aromatic carbocycles. The van der Waals surface area contributed by atoms with Gasteiger partial charge in [0.1, 0.15) is 42.7 Å². The van der Waals surface area contributed by atoms with Crippen LogP contribution in [0.15, 0.2) is 11.6 Å². The van der Waals surface area contributed by atoms with Crippen LogP contribution >= 0.6 is 0 Å². The van der Waals surface area contributed by atoms with Crippen molar-refractivity contribution in [3.63, 3.8) is 0 Å². The molecule has 0 aromatic heterocycles. The SMILES string of the molecule is C[C@@H]1OC(C2C(O)[C@@H](O)C(C[C@@H]3C(OO)OC(O)[C@H](O)[C@@H]3O)O[C@H]2CO)[C@H](O)C(O)C1N[C@@H]1C=C(CO)C(O)C(O)C1O. The van der Waals surface area contributed by atoms with Crippen LogP contribution in [0, 0.1) is 11.8 Å². The van der Waals surface area contributed by atoms with Crippen molar-refractivity contribution in [2.75, 3.05) is 13.2 Å². The van der Waals surface area contributed by atoms with Gasteiger partial charge in [-0.2, -0.15) is 0 Å². The molecule has 1 aliphatic carbocycles. The molecule has 0 amide bonds. The highest BCUT2D eigenvalue weighted by molar-refractivity contribution is 5.22. The molecule has 43 heavy (non-hydrogen) atoms. The number of rotatable bonds is 8. The number of aliphatic hydroxyl groups excluding tert-OH is 12. The second kappa shape index (κ2) is 14.2. The Morgan fingerprint density at radius 2 is 1.42 bits per heavy atom. The number of hydrogen-bond donors (Lipinski definition) is 14. The molecule has 3 aliphatic heterocycles. The van der Waals surface area contributed by atoms with E-state index in [0.29, 0.717) is 0 Å². The fourth-order valence-electron chi connectivity index (χ4n) is 6.56. The Morgan fingerprint density at radius 3 is 2.02 bits per heavy atom. The third-order valence-corrected chi connectivity index (χ3v) is 9.09. The van der Waals surface area contributed by atoms with E-state index in [-0.39, 0.29) is 5.57 Å². The van der Waals surface area contributed by atoms with Crippen LogP contribution in [-0.2, 0) is 19.1 Å². The Labute approximate surface area is 245 Å². The highest BCUT2D eigenvalue weighted by Crippen LogP contribution is 2.39. The van der Waals surface area contributed by atoms with Crippen LogP contribution in [0.5, 0.6) is 0 Å². The first-order valence-corrected chi connectivity index (χ1v) is 14.0. The summed E-state index contributed by atoms with van der Waals surface area (Å²) in [5, 5.41) is 136. The molecule has 3 fully saturated rings. The maximum Gasteiger partial charge on any atom is 0.199 e. The van der Waals surface area contributed by atoms with Gasteiger partial charge in [-0.1, -0.05) is 6.08 Å². The van der Waals surface area contributed by atoms with Crippen LogP contribution in [0.3, 0.4) is 0 Å². The van der Waals surface area contributed by atoms with E-state index in [9.17, 15) is 61.3 Å². The average molecular weight is 630 g/mol. The Morgan fingerprint density at radius 1 is 0.744 bits per heavy atom. The molecule has 0 spiro atoms. The molecule has 3 heterocycles. The lowest BCUT2D eigenvalue weighted by molar-refractivity contribution is -0.420. The Balaban J connectivity index is 1.48. The minimum atomic E-state index is -1.89. The lowest BCUT2D eigenvalue weighted by Gasteiger charge is -2.52. The van der Waals surface area contributed by atoms with Gasteiger partial charge in [-0.05, 0) is 18.9 Å². The van der Waals surface area contributed by atoms with Crippen LogP contribution < -0.4 is 5.32 Å². The van der Waals surface area contributed by atoms with Crippen molar-refractivity contribution in [1.29, 1.82) is 0 Å². The van der Waals surface area contributed by atoms with Crippen LogP contribution in [0.4, 0.5) is 0 Å². The Kier molecular flexibility index (Phi) is 11.5. The van der Waals surface area contributed by atoms with Gasteiger partial charge in [0.15, 0.2) is 12.6 Å². The molecule has 18 nitrogen and oxygen atoms in total. The molecule has 19 atom stereocenters. The van der Waals surface area contributed by atoms with Gasteiger partial charge in [0, 0.05) is 11.8 Å². The summed E-state index contributed by atoms with van der Waals surface area (Å²) >= 11 is 0. The van der Waals surface area contributed by atoms with Crippen molar-refractivity contribution in [2.45, 2.75) is 117 Å². The molecule has 0 saturated carbocycles. The van der Waals surface area contributed by atoms with E-state index in [0.717, 1.165) is 0 Å². The van der Waals surface area contributed by atoms with Gasteiger partial charge in [-0.25, -0.2) is 10.1 Å². The van der Waals surface area contributed by atoms with E-state index in [2.05, 4.69) is 10.2 Å². The molecule has 4 rings (SSSR count). The van der Waals surface area contributed by atoms with Gasteiger partial charge in [0.05, 0.1) is 61.9 Å². The summed E-state index contributed by atoms with van der Waals surface area (Å²) in [6.45, 7) is 0.138. The monoisotopic (exact) mass is 629 g/mol. The van der Waals surface area contributed by atoms with Gasteiger partial charge < -0.3 is 80.8 Å². The predicted octanol–water partition coefficient (Wildman–Crippen LogP) is -7.17. The van der Waals surface area contributed by atoms with Gasteiger partial charge in [0.2, 0.25) is 0 Å². The highest BCUT2D eigenvalue weighted by atomic mass is 17.1. The first kappa shape index (κ1) is 34.9. The number of aliphatic hydroxyl groups is 12. The van der Waals surface area contributed by atoms with Crippen LogP contribution in [0.1, 0.15) is 13.3 Å². The maximum atomic E-state index is 11.1. The van der Waals surface area contributed by atoms with Crippen LogP contribution in [-0.4, -0.2) is 184 Å². The minimum absolute atomic E-state index is 0.0271. The largest absolute Gasteiger partial charge is 0.394 e. The predicted molar refractivity (Wildman–Crippen MR) is 136 cm³/mol. The molecule has 11 unspecified atom stereocenters. The first-order chi connectivity index (χ1) is 20.3. The molecule has 14 N–H and O–H groups in total. The summed E-state index contributed by atoms with van der Waals surface area (Å²) in [6, 6.07) is -2.15. The zero-order valence-corrected chi connectivity index (χ0v) is 23.1. The first-order valence-electron chi connectivity index (χ1n) is 14.0. The van der Waals surface area contributed by atoms with Gasteiger partial charge in [-0.15, -0.1) is 0 Å². The summed E-state index contributed by atoms with van der Waals surface area (Å²) < 4.78 is 16.7. The average Bonchev–Trinajstić information content (AvgIpc) is 2.99. The van der Waals surface area contributed by atoms with Crippen molar-refractivity contribution in [1.82, 2.24) is 5.32 Å². The maximum absolute atomic E-state index is 11.1. The van der Waals surface area contributed by atoms with Crippen molar-refractivity contribution in [2.24, 2.45) is 11.8 Å². The molecular formula is C25H43NO17. The van der Waals surface area contributed by atoms with Crippen molar-refractivity contribution in [3.05, 3.63) is 11.6 Å². The minimum Gasteiger partial charge on any atom is -0.394 e. The molecule has 3 saturated heterocycles. The fourth-order valence-corrected chi connectivity index (χ4v) is 6.56. The summed E-state index contributed by atoms with van der Waals surface area (Å²) in [5.41, 5.74) is 0.0271. The molecular weight excluding hydrogens is 586 g/mol. The van der Waals surface area contributed by atoms with E-state index < -0.39 is 135 Å². The van der Waals surface area contributed by atoms with Gasteiger partial charge in [-0.3, -0.25) is 0 Å². The van der Waals surface area contributed by atoms with E-state index in [4.69, 9.17) is 19.5 Å². The van der Waals surface area contributed by atoms with E-state index >= 15 is 0 Å². The van der Waals surface area contributed by atoms with E-state index in [1.807, 2.05) is 0 Å². The highest BCUT2D eigenvalue weighted by Gasteiger charge is 2.56. The van der Waals surface area contributed by atoms with Crippen molar-refractivity contribution in [3.8, 4) is 0 Å². The number of nitrogens with one attached hydrogen (secondary N) is 1. The molecule has 0 radical (unpaired) electrons. The van der Waals surface area contributed by atoms with Crippen LogP contribution in [0.2, 0.25) is 0 Å². The third-order valence-electron chi connectivity index (χ3n) is 9.09. The topological polar surface area (TPSA) is 312 Å². The van der Waals surface area contributed by atoms with Gasteiger partial charge in [0.25, 0.3) is 0 Å². The molecule has 250 valence electrons.